The van der Waals surface area contributed by atoms with E-state index in [2.05, 4.69) is 14.5 Å². The minimum atomic E-state index is -0.923. The van der Waals surface area contributed by atoms with Gasteiger partial charge in [-0.15, -0.1) is 0 Å². The quantitative estimate of drug-likeness (QED) is 0.901. The molecular formula is C13H13F2N3O. The molecule has 1 aliphatic heterocycles. The number of imidazole rings is 1. The fourth-order valence-electron chi connectivity index (χ4n) is 2.33. The highest BCUT2D eigenvalue weighted by Gasteiger charge is 2.18. The van der Waals surface area contributed by atoms with Crippen molar-refractivity contribution in [1.29, 1.82) is 0 Å². The van der Waals surface area contributed by atoms with Crippen molar-refractivity contribution in [2.24, 2.45) is 0 Å². The van der Waals surface area contributed by atoms with Crippen molar-refractivity contribution in [1.82, 2.24) is 14.5 Å². The van der Waals surface area contributed by atoms with Crippen LogP contribution in [0.4, 0.5) is 8.78 Å². The van der Waals surface area contributed by atoms with Gasteiger partial charge in [-0.3, -0.25) is 4.90 Å². The third-order valence-electron chi connectivity index (χ3n) is 3.31. The molecule has 1 aromatic heterocycles. The van der Waals surface area contributed by atoms with Gasteiger partial charge in [-0.2, -0.15) is 0 Å². The molecule has 2 heterocycles. The van der Waals surface area contributed by atoms with Gasteiger partial charge in [0.05, 0.1) is 6.54 Å². The molecule has 2 aromatic rings. The number of rotatable bonds is 2. The van der Waals surface area contributed by atoms with Crippen LogP contribution in [-0.2, 0) is 19.6 Å². The average Bonchev–Trinajstić information content (AvgIpc) is 2.83. The smallest absolute Gasteiger partial charge is 0.187 e. The summed E-state index contributed by atoms with van der Waals surface area (Å²) >= 11 is 0. The lowest BCUT2D eigenvalue weighted by molar-refractivity contribution is 0.208. The maximum absolute atomic E-state index is 13.3. The van der Waals surface area contributed by atoms with Gasteiger partial charge >= 0.3 is 0 Å². The average molecular weight is 265 g/mol. The van der Waals surface area contributed by atoms with Crippen molar-refractivity contribution < 1.29 is 13.9 Å². The minimum absolute atomic E-state index is 0.432. The van der Waals surface area contributed by atoms with Crippen LogP contribution in [0.2, 0.25) is 0 Å². The van der Waals surface area contributed by atoms with Crippen molar-refractivity contribution in [3.8, 4) is 5.75 Å². The number of halogens is 2. The van der Waals surface area contributed by atoms with Gasteiger partial charge < -0.3 is 9.67 Å². The van der Waals surface area contributed by atoms with Gasteiger partial charge in [0.2, 0.25) is 0 Å². The highest BCUT2D eigenvalue weighted by molar-refractivity contribution is 5.30. The number of hydrogen-bond acceptors (Lipinski definition) is 3. The SMILES string of the molecule is Oc1c(F)cc(CN2CCn3ccnc3C2)cc1F. The summed E-state index contributed by atoms with van der Waals surface area (Å²) in [5.74, 6) is -1.81. The molecule has 0 saturated carbocycles. The van der Waals surface area contributed by atoms with E-state index < -0.39 is 17.4 Å². The van der Waals surface area contributed by atoms with Crippen LogP contribution in [0.5, 0.6) is 5.75 Å². The van der Waals surface area contributed by atoms with E-state index in [1.165, 1.54) is 12.1 Å². The molecular weight excluding hydrogens is 252 g/mol. The number of hydrogen-bond donors (Lipinski definition) is 1. The molecule has 3 rings (SSSR count). The summed E-state index contributed by atoms with van der Waals surface area (Å²) in [4.78, 5) is 6.29. The van der Waals surface area contributed by atoms with Crippen LogP contribution in [0.3, 0.4) is 0 Å². The molecule has 19 heavy (non-hydrogen) atoms. The van der Waals surface area contributed by atoms with Gasteiger partial charge in [-0.25, -0.2) is 13.8 Å². The Morgan fingerprint density at radius 1 is 1.21 bits per heavy atom. The molecule has 0 spiro atoms. The first-order valence-electron chi connectivity index (χ1n) is 6.03. The van der Waals surface area contributed by atoms with E-state index in [9.17, 15) is 8.78 Å². The van der Waals surface area contributed by atoms with Gasteiger partial charge in [0, 0.05) is 32.0 Å². The largest absolute Gasteiger partial charge is 0.503 e. The van der Waals surface area contributed by atoms with Gasteiger partial charge in [0.15, 0.2) is 17.4 Å². The van der Waals surface area contributed by atoms with Crippen LogP contribution < -0.4 is 0 Å². The van der Waals surface area contributed by atoms with Crippen LogP contribution >= 0.6 is 0 Å². The molecule has 0 fully saturated rings. The summed E-state index contributed by atoms with van der Waals surface area (Å²) in [6.07, 6.45) is 3.67. The second-order valence-electron chi connectivity index (χ2n) is 4.66. The molecule has 0 saturated heterocycles. The molecule has 4 nitrogen and oxygen atoms in total. The van der Waals surface area contributed by atoms with Crippen molar-refractivity contribution in [3.63, 3.8) is 0 Å². The Kier molecular flexibility index (Phi) is 2.94. The Morgan fingerprint density at radius 2 is 1.95 bits per heavy atom. The maximum Gasteiger partial charge on any atom is 0.187 e. The molecule has 0 radical (unpaired) electrons. The molecule has 1 aromatic carbocycles. The maximum atomic E-state index is 13.3. The lowest BCUT2D eigenvalue weighted by Gasteiger charge is -2.27. The zero-order chi connectivity index (χ0) is 13.4. The van der Waals surface area contributed by atoms with Crippen molar-refractivity contribution in [2.45, 2.75) is 19.6 Å². The molecule has 0 unspecified atom stereocenters. The molecule has 1 aliphatic rings. The zero-order valence-corrected chi connectivity index (χ0v) is 10.2. The summed E-state index contributed by atoms with van der Waals surface area (Å²) in [6, 6.07) is 2.33. The van der Waals surface area contributed by atoms with Crippen LogP contribution in [0, 0.1) is 11.6 Å². The summed E-state index contributed by atoms with van der Waals surface area (Å²) < 4.78 is 28.6. The highest BCUT2D eigenvalue weighted by atomic mass is 19.1. The first kappa shape index (κ1) is 12.1. The van der Waals surface area contributed by atoms with Crippen LogP contribution in [0.15, 0.2) is 24.5 Å². The van der Waals surface area contributed by atoms with Crippen molar-refractivity contribution in [2.75, 3.05) is 6.54 Å². The fraction of sp³-hybridized carbons (Fsp3) is 0.308. The van der Waals surface area contributed by atoms with E-state index in [0.717, 1.165) is 18.9 Å². The van der Waals surface area contributed by atoms with E-state index in [4.69, 9.17) is 5.11 Å². The van der Waals surface area contributed by atoms with E-state index in [1.807, 2.05) is 6.20 Å². The Bertz CT molecular complexity index is 589. The molecule has 6 heteroatoms. The summed E-state index contributed by atoms with van der Waals surface area (Å²) in [7, 11) is 0. The number of fused-ring (bicyclic) bond motifs is 1. The minimum Gasteiger partial charge on any atom is -0.503 e. The molecule has 1 N–H and O–H groups in total. The molecule has 0 amide bonds. The first-order valence-corrected chi connectivity index (χ1v) is 6.03. The summed E-state index contributed by atoms with van der Waals surface area (Å²) in [5.41, 5.74) is 0.507. The number of aromatic hydroxyl groups is 1. The van der Waals surface area contributed by atoms with E-state index >= 15 is 0 Å². The Hall–Kier alpha value is -1.95. The summed E-state index contributed by atoms with van der Waals surface area (Å²) in [6.45, 7) is 2.70. The Balaban J connectivity index is 1.76. The van der Waals surface area contributed by atoms with Gasteiger partial charge in [0.25, 0.3) is 0 Å². The van der Waals surface area contributed by atoms with E-state index in [-0.39, 0.29) is 0 Å². The standard InChI is InChI=1S/C13H13F2N3O/c14-10-5-9(6-11(15)13(10)19)7-17-3-4-18-2-1-16-12(18)8-17/h1-2,5-6,19H,3-4,7-8H2. The third-order valence-corrected chi connectivity index (χ3v) is 3.31. The summed E-state index contributed by atoms with van der Waals surface area (Å²) in [5, 5.41) is 9.06. The van der Waals surface area contributed by atoms with Crippen molar-refractivity contribution in [3.05, 3.63) is 47.5 Å². The first-order chi connectivity index (χ1) is 9.13. The van der Waals surface area contributed by atoms with E-state index in [1.54, 1.807) is 6.20 Å². The molecule has 0 aliphatic carbocycles. The normalized spacial score (nSPS) is 15.5. The number of nitrogens with zero attached hydrogens (tertiary/aromatic N) is 3. The third kappa shape index (κ3) is 2.31. The topological polar surface area (TPSA) is 41.3 Å². The highest BCUT2D eigenvalue weighted by Crippen LogP contribution is 2.23. The van der Waals surface area contributed by atoms with Crippen LogP contribution in [0.1, 0.15) is 11.4 Å². The van der Waals surface area contributed by atoms with Gasteiger partial charge in [0.1, 0.15) is 5.82 Å². The Labute approximate surface area is 108 Å². The molecule has 0 bridgehead atoms. The number of benzene rings is 1. The molecule has 100 valence electrons. The predicted molar refractivity (Wildman–Crippen MR) is 64.4 cm³/mol. The van der Waals surface area contributed by atoms with E-state index in [0.29, 0.717) is 18.7 Å². The second kappa shape index (κ2) is 4.62. The monoisotopic (exact) mass is 265 g/mol. The van der Waals surface area contributed by atoms with Gasteiger partial charge in [-0.1, -0.05) is 0 Å². The fourth-order valence-corrected chi connectivity index (χ4v) is 2.33. The number of phenolic OH excluding ortho intramolecular Hbond substituents is 1. The molecule has 0 atom stereocenters. The number of phenols is 1. The van der Waals surface area contributed by atoms with Crippen LogP contribution in [-0.4, -0.2) is 26.1 Å². The van der Waals surface area contributed by atoms with Crippen molar-refractivity contribution >= 4 is 0 Å². The Morgan fingerprint density at radius 3 is 2.68 bits per heavy atom. The van der Waals surface area contributed by atoms with Gasteiger partial charge in [-0.05, 0) is 17.7 Å². The number of aromatic nitrogens is 2. The zero-order valence-electron chi connectivity index (χ0n) is 10.2. The predicted octanol–water partition coefficient (Wildman–Crippen LogP) is 1.88. The lowest BCUT2D eigenvalue weighted by Crippen LogP contribution is -2.33. The lowest BCUT2D eigenvalue weighted by atomic mass is 10.1. The van der Waals surface area contributed by atoms with Crippen LogP contribution in [0.25, 0.3) is 0 Å². The second-order valence-corrected chi connectivity index (χ2v) is 4.66.